The van der Waals surface area contributed by atoms with Crippen LogP contribution in [-0.4, -0.2) is 30.3 Å². The summed E-state index contributed by atoms with van der Waals surface area (Å²) < 4.78 is 50.4. The van der Waals surface area contributed by atoms with E-state index in [1.807, 2.05) is 0 Å². The van der Waals surface area contributed by atoms with Crippen LogP contribution >= 0.6 is 0 Å². The van der Waals surface area contributed by atoms with Gasteiger partial charge in [-0.05, 0) is 44.6 Å². The maximum atomic E-state index is 13.3. The van der Waals surface area contributed by atoms with E-state index in [2.05, 4.69) is 0 Å². The quantitative estimate of drug-likeness (QED) is 0.797. The first-order valence-corrected chi connectivity index (χ1v) is 6.65. The van der Waals surface area contributed by atoms with Crippen LogP contribution in [-0.2, 0) is 4.74 Å². The molecular weight excluding hydrogens is 298 g/mol. The van der Waals surface area contributed by atoms with E-state index in [0.29, 0.717) is 10.3 Å². The Balaban J connectivity index is 2.66. The van der Waals surface area contributed by atoms with E-state index in [1.165, 1.54) is 25.3 Å². The van der Waals surface area contributed by atoms with Crippen LogP contribution in [0.5, 0.6) is 5.75 Å². The topological polar surface area (TPSA) is 40.5 Å². The largest absolute Gasteiger partial charge is 0.526 e. The lowest BCUT2D eigenvalue weighted by atomic mass is 9.86. The molecule has 8 heteroatoms. The average Bonchev–Trinajstić information content (AvgIpc) is 2.74. The number of methoxy groups -OCH3 is 1. The molecule has 0 amide bonds. The Kier molecular flexibility index (Phi) is 3.89. The molecule has 0 bridgehead atoms. The van der Waals surface area contributed by atoms with Crippen molar-refractivity contribution in [3.8, 4) is 5.75 Å². The normalized spacial score (nSPS) is 12.5. The predicted molar refractivity (Wildman–Crippen MR) is 78.8 cm³/mol. The summed E-state index contributed by atoms with van der Waals surface area (Å²) in [4.78, 5) is 12.2. The van der Waals surface area contributed by atoms with Crippen LogP contribution in [0.1, 0.15) is 20.8 Å². The minimum absolute atomic E-state index is 0.129. The zero-order valence-corrected chi connectivity index (χ0v) is 12.7. The van der Waals surface area contributed by atoms with E-state index in [9.17, 15) is 17.7 Å². The second-order valence-corrected chi connectivity index (χ2v) is 5.88. The molecule has 0 saturated heterocycles. The number of carbonyl (C=O) groups excluding carboxylic acids is 1. The number of carbonyl (C=O) groups is 1. The first kappa shape index (κ1) is 16.3. The zero-order chi connectivity index (χ0) is 16.7. The number of nitrogens with zero attached hydrogens (tertiary/aromatic N) is 1. The molecule has 2 aromatic rings. The van der Waals surface area contributed by atoms with Crippen molar-refractivity contribution < 1.29 is 27.2 Å². The van der Waals surface area contributed by atoms with Gasteiger partial charge in [-0.2, -0.15) is 0 Å². The van der Waals surface area contributed by atoms with E-state index in [4.69, 9.17) is 9.47 Å². The van der Waals surface area contributed by atoms with Crippen molar-refractivity contribution in [3.05, 3.63) is 24.3 Å². The van der Waals surface area contributed by atoms with Crippen LogP contribution in [0.25, 0.3) is 10.9 Å². The standard InChI is InChI=1S/C14H16BF3NO3/c1-14(2,3)22-13(20)19-11-6-5-10(21-4)7-9(11)8-12(19)15(16,17)18/h5-8H,1-4H3/q-1. The van der Waals surface area contributed by atoms with Gasteiger partial charge in [-0.15, -0.1) is 0 Å². The fourth-order valence-corrected chi connectivity index (χ4v) is 2.09. The van der Waals surface area contributed by atoms with Gasteiger partial charge >= 0.3 is 13.1 Å². The summed E-state index contributed by atoms with van der Waals surface area (Å²) in [6.45, 7) is -0.579. The summed E-state index contributed by atoms with van der Waals surface area (Å²) in [7, 11) is 1.42. The Morgan fingerprint density at radius 3 is 2.32 bits per heavy atom. The molecule has 0 fully saturated rings. The minimum atomic E-state index is -5.36. The third-order valence-corrected chi connectivity index (χ3v) is 2.95. The smallest absolute Gasteiger partial charge is 0.497 e. The van der Waals surface area contributed by atoms with Crippen molar-refractivity contribution in [1.29, 1.82) is 0 Å². The summed E-state index contributed by atoms with van der Waals surface area (Å²) in [5.41, 5.74) is -1.78. The van der Waals surface area contributed by atoms with Gasteiger partial charge in [-0.3, -0.25) is 4.57 Å². The van der Waals surface area contributed by atoms with Crippen LogP contribution in [0, 0.1) is 0 Å². The molecule has 0 unspecified atom stereocenters. The van der Waals surface area contributed by atoms with Gasteiger partial charge in [0, 0.05) is 5.39 Å². The summed E-state index contributed by atoms with van der Waals surface area (Å²) in [6.07, 6.45) is -1.05. The molecule has 0 aliphatic carbocycles. The van der Waals surface area contributed by atoms with Crippen molar-refractivity contribution in [1.82, 2.24) is 4.57 Å². The van der Waals surface area contributed by atoms with Gasteiger partial charge in [-0.25, -0.2) is 4.79 Å². The third-order valence-electron chi connectivity index (χ3n) is 2.95. The number of hydrogen-bond acceptors (Lipinski definition) is 3. The molecule has 0 spiro atoms. The second kappa shape index (κ2) is 5.26. The molecule has 120 valence electrons. The minimum Gasteiger partial charge on any atom is -0.497 e. The molecule has 1 heterocycles. The summed E-state index contributed by atoms with van der Waals surface area (Å²) in [6, 6.07) is 5.28. The summed E-state index contributed by atoms with van der Waals surface area (Å²) >= 11 is 0. The number of hydrogen-bond donors (Lipinski definition) is 0. The Labute approximate surface area is 125 Å². The third kappa shape index (κ3) is 3.21. The molecule has 22 heavy (non-hydrogen) atoms. The lowest BCUT2D eigenvalue weighted by Gasteiger charge is -2.23. The summed E-state index contributed by atoms with van der Waals surface area (Å²) in [5, 5.41) is 0.263. The van der Waals surface area contributed by atoms with Crippen molar-refractivity contribution in [3.63, 3.8) is 0 Å². The lowest BCUT2D eigenvalue weighted by molar-refractivity contribution is 0.0547. The molecule has 0 radical (unpaired) electrons. The fraction of sp³-hybridized carbons (Fsp3) is 0.357. The Morgan fingerprint density at radius 1 is 1.18 bits per heavy atom. The van der Waals surface area contributed by atoms with E-state index in [-0.39, 0.29) is 10.9 Å². The van der Waals surface area contributed by atoms with Crippen LogP contribution in [0.15, 0.2) is 24.3 Å². The number of ether oxygens (including phenoxy) is 2. The van der Waals surface area contributed by atoms with Crippen LogP contribution in [0.2, 0.25) is 0 Å². The molecule has 0 aliphatic rings. The van der Waals surface area contributed by atoms with Gasteiger partial charge in [0.1, 0.15) is 11.4 Å². The molecule has 4 nitrogen and oxygen atoms in total. The van der Waals surface area contributed by atoms with Crippen LogP contribution in [0.3, 0.4) is 0 Å². The molecule has 0 N–H and O–H groups in total. The second-order valence-electron chi connectivity index (χ2n) is 5.88. The number of benzene rings is 1. The highest BCUT2D eigenvalue weighted by molar-refractivity contribution is 6.73. The molecule has 2 rings (SSSR count). The van der Waals surface area contributed by atoms with E-state index >= 15 is 0 Å². The molecular formula is C14H16BF3NO3-. The summed E-state index contributed by atoms with van der Waals surface area (Å²) in [5.74, 6) is 0.412. The van der Waals surface area contributed by atoms with Gasteiger partial charge in [0.25, 0.3) is 0 Å². The molecule has 0 saturated carbocycles. The van der Waals surface area contributed by atoms with Crippen LogP contribution in [0.4, 0.5) is 17.7 Å². The fourth-order valence-electron chi connectivity index (χ4n) is 2.09. The Hall–Kier alpha value is -2.12. The number of fused-ring (bicyclic) bond motifs is 1. The maximum absolute atomic E-state index is 13.3. The Morgan fingerprint density at radius 2 is 1.82 bits per heavy atom. The average molecular weight is 314 g/mol. The van der Waals surface area contributed by atoms with Gasteiger partial charge in [0.05, 0.1) is 12.6 Å². The molecule has 1 aromatic carbocycles. The molecule has 0 aliphatic heterocycles. The van der Waals surface area contributed by atoms with Gasteiger partial charge in [0.2, 0.25) is 0 Å². The first-order chi connectivity index (χ1) is 10.0. The van der Waals surface area contributed by atoms with E-state index in [0.717, 1.165) is 6.07 Å². The van der Waals surface area contributed by atoms with E-state index in [1.54, 1.807) is 20.8 Å². The maximum Gasteiger partial charge on any atom is 0.526 e. The van der Waals surface area contributed by atoms with Crippen LogP contribution < -0.4 is 10.3 Å². The molecule has 1 aromatic heterocycles. The van der Waals surface area contributed by atoms with Gasteiger partial charge in [-0.1, -0.05) is 6.07 Å². The van der Waals surface area contributed by atoms with Crippen molar-refractivity contribution in [2.24, 2.45) is 0 Å². The van der Waals surface area contributed by atoms with E-state index < -0.39 is 24.3 Å². The first-order valence-electron chi connectivity index (χ1n) is 6.65. The predicted octanol–water partition coefficient (Wildman–Crippen LogP) is 3.49. The lowest BCUT2D eigenvalue weighted by Crippen LogP contribution is -2.43. The SMILES string of the molecule is COc1ccc2c(c1)cc([B-](F)(F)F)n2C(=O)OC(C)(C)C. The van der Waals surface area contributed by atoms with Crippen molar-refractivity contribution >= 4 is 29.6 Å². The van der Waals surface area contributed by atoms with Gasteiger partial charge in [0.15, 0.2) is 0 Å². The van der Waals surface area contributed by atoms with Crippen molar-refractivity contribution in [2.75, 3.05) is 7.11 Å². The highest BCUT2D eigenvalue weighted by Gasteiger charge is 2.34. The monoisotopic (exact) mass is 314 g/mol. The number of rotatable bonds is 2. The Bertz CT molecular complexity index is 716. The highest BCUT2D eigenvalue weighted by atomic mass is 19.4. The highest BCUT2D eigenvalue weighted by Crippen LogP contribution is 2.24. The van der Waals surface area contributed by atoms with Gasteiger partial charge < -0.3 is 22.4 Å². The zero-order valence-electron chi connectivity index (χ0n) is 12.7. The van der Waals surface area contributed by atoms with Crippen molar-refractivity contribution in [2.45, 2.75) is 26.4 Å². The number of aromatic nitrogens is 1. The number of halogens is 3. The molecule has 0 atom stereocenters.